The number of nitrogens with zero attached hydrogens (tertiary/aromatic N) is 2. The summed E-state index contributed by atoms with van der Waals surface area (Å²) in [6.45, 7) is -0.182. The molecule has 1 fully saturated rings. The fraction of sp³-hybridized carbons (Fsp3) is 0.333. The molecule has 6 nitrogen and oxygen atoms in total. The molecule has 112 valence electrons. The van der Waals surface area contributed by atoms with Crippen LogP contribution < -0.4 is 4.72 Å². The molecule has 1 N–H and O–H groups in total. The number of nitrogens with one attached hydrogen (secondary N) is 1. The van der Waals surface area contributed by atoms with Crippen molar-refractivity contribution < 1.29 is 21.7 Å². The lowest BCUT2D eigenvalue weighted by atomic mass is 10.2. The van der Waals surface area contributed by atoms with Crippen LogP contribution in [0, 0.1) is 11.6 Å². The summed E-state index contributed by atoms with van der Waals surface area (Å²) < 4.78 is 57.5. The molecule has 1 heterocycles. The van der Waals surface area contributed by atoms with E-state index in [9.17, 15) is 17.2 Å². The third kappa shape index (κ3) is 2.93. The van der Waals surface area contributed by atoms with Crippen LogP contribution in [0.15, 0.2) is 22.7 Å². The van der Waals surface area contributed by atoms with E-state index >= 15 is 0 Å². The smallest absolute Gasteiger partial charge is 0.263 e. The maximum Gasteiger partial charge on any atom is 0.263 e. The minimum absolute atomic E-state index is 0.0110. The molecule has 2 aromatic rings. The van der Waals surface area contributed by atoms with Gasteiger partial charge in [0, 0.05) is 0 Å². The van der Waals surface area contributed by atoms with Crippen LogP contribution in [0.25, 0.3) is 11.5 Å². The second kappa shape index (κ2) is 5.15. The van der Waals surface area contributed by atoms with E-state index in [4.69, 9.17) is 4.52 Å². The highest BCUT2D eigenvalue weighted by atomic mass is 32.2. The third-order valence-corrected chi connectivity index (χ3v) is 4.94. The Labute approximate surface area is 119 Å². The second-order valence-electron chi connectivity index (χ2n) is 4.68. The van der Waals surface area contributed by atoms with Gasteiger partial charge < -0.3 is 4.52 Å². The molecule has 0 aliphatic heterocycles. The molecular formula is C12H11F2N3O3S. The zero-order valence-electron chi connectivity index (χ0n) is 10.7. The SMILES string of the molecule is O=S(=O)(NCc1noc(-c2c(F)cccc2F)n1)C1CC1. The molecule has 0 amide bonds. The Morgan fingerprint density at radius 2 is 1.95 bits per heavy atom. The van der Waals surface area contributed by atoms with Gasteiger partial charge in [-0.2, -0.15) is 4.98 Å². The molecule has 0 radical (unpaired) electrons. The van der Waals surface area contributed by atoms with E-state index in [0.29, 0.717) is 12.8 Å². The van der Waals surface area contributed by atoms with Gasteiger partial charge in [-0.05, 0) is 25.0 Å². The van der Waals surface area contributed by atoms with Crippen LogP contribution in [0.4, 0.5) is 8.78 Å². The lowest BCUT2D eigenvalue weighted by molar-refractivity contribution is 0.416. The predicted molar refractivity (Wildman–Crippen MR) is 68.4 cm³/mol. The molecule has 1 aromatic carbocycles. The molecule has 0 unspecified atom stereocenters. The first-order chi connectivity index (χ1) is 9.97. The van der Waals surface area contributed by atoms with Gasteiger partial charge in [-0.1, -0.05) is 11.2 Å². The van der Waals surface area contributed by atoms with Gasteiger partial charge in [0.1, 0.15) is 17.2 Å². The van der Waals surface area contributed by atoms with E-state index in [1.54, 1.807) is 0 Å². The van der Waals surface area contributed by atoms with Gasteiger partial charge in [0.25, 0.3) is 5.89 Å². The number of benzene rings is 1. The zero-order chi connectivity index (χ0) is 15.0. The number of sulfonamides is 1. The summed E-state index contributed by atoms with van der Waals surface area (Å²) >= 11 is 0. The van der Waals surface area contributed by atoms with Gasteiger partial charge in [-0.15, -0.1) is 0 Å². The topological polar surface area (TPSA) is 85.1 Å². The maximum atomic E-state index is 13.6. The van der Waals surface area contributed by atoms with Crippen LogP contribution in [-0.4, -0.2) is 23.8 Å². The Balaban J connectivity index is 1.77. The van der Waals surface area contributed by atoms with Gasteiger partial charge >= 0.3 is 0 Å². The van der Waals surface area contributed by atoms with Crippen LogP contribution in [-0.2, 0) is 16.6 Å². The molecule has 1 saturated carbocycles. The summed E-state index contributed by atoms with van der Waals surface area (Å²) in [5.41, 5.74) is -0.429. The minimum Gasteiger partial charge on any atom is -0.334 e. The number of rotatable bonds is 5. The van der Waals surface area contributed by atoms with Crippen molar-refractivity contribution in [3.05, 3.63) is 35.7 Å². The van der Waals surface area contributed by atoms with Crippen molar-refractivity contribution in [2.45, 2.75) is 24.6 Å². The molecule has 3 rings (SSSR count). The average molecular weight is 315 g/mol. The van der Waals surface area contributed by atoms with Crippen LogP contribution in [0.1, 0.15) is 18.7 Å². The van der Waals surface area contributed by atoms with E-state index in [-0.39, 0.29) is 23.5 Å². The monoisotopic (exact) mass is 315 g/mol. The minimum atomic E-state index is -3.38. The lowest BCUT2D eigenvalue weighted by Gasteiger charge is -2.01. The zero-order valence-corrected chi connectivity index (χ0v) is 11.5. The van der Waals surface area contributed by atoms with Gasteiger partial charge in [0.2, 0.25) is 10.0 Å². The van der Waals surface area contributed by atoms with Crippen molar-refractivity contribution in [2.24, 2.45) is 0 Å². The predicted octanol–water partition coefficient (Wildman–Crippen LogP) is 1.60. The van der Waals surface area contributed by atoms with E-state index in [0.717, 1.165) is 12.1 Å². The van der Waals surface area contributed by atoms with Gasteiger partial charge in [-0.3, -0.25) is 0 Å². The van der Waals surface area contributed by atoms with Crippen molar-refractivity contribution in [2.75, 3.05) is 0 Å². The van der Waals surface area contributed by atoms with Gasteiger partial charge in [0.15, 0.2) is 5.82 Å². The highest BCUT2D eigenvalue weighted by molar-refractivity contribution is 7.90. The average Bonchev–Trinajstić information content (AvgIpc) is 3.19. The number of aromatic nitrogens is 2. The maximum absolute atomic E-state index is 13.6. The summed E-state index contributed by atoms with van der Waals surface area (Å²) in [4.78, 5) is 3.80. The van der Waals surface area contributed by atoms with Gasteiger partial charge in [0.05, 0.1) is 11.8 Å². The van der Waals surface area contributed by atoms with Crippen LogP contribution in [0.5, 0.6) is 0 Å². The van der Waals surface area contributed by atoms with E-state index in [2.05, 4.69) is 14.9 Å². The summed E-state index contributed by atoms with van der Waals surface area (Å²) in [5.74, 6) is -1.98. The Kier molecular flexibility index (Phi) is 3.46. The van der Waals surface area contributed by atoms with Gasteiger partial charge in [-0.25, -0.2) is 21.9 Å². The fourth-order valence-corrected chi connectivity index (χ4v) is 3.11. The van der Waals surface area contributed by atoms with Crippen LogP contribution >= 0.6 is 0 Å². The first kappa shape index (κ1) is 14.1. The van der Waals surface area contributed by atoms with E-state index in [1.165, 1.54) is 6.07 Å². The van der Waals surface area contributed by atoms with E-state index in [1.807, 2.05) is 0 Å². The Morgan fingerprint density at radius 3 is 2.57 bits per heavy atom. The molecule has 0 bridgehead atoms. The molecule has 9 heteroatoms. The highest BCUT2D eigenvalue weighted by Crippen LogP contribution is 2.28. The molecular weight excluding hydrogens is 304 g/mol. The highest BCUT2D eigenvalue weighted by Gasteiger charge is 2.35. The van der Waals surface area contributed by atoms with Crippen molar-refractivity contribution >= 4 is 10.0 Å². The normalized spacial score (nSPS) is 15.3. The Morgan fingerprint density at radius 1 is 1.29 bits per heavy atom. The lowest BCUT2D eigenvalue weighted by Crippen LogP contribution is -2.27. The first-order valence-corrected chi connectivity index (χ1v) is 7.77. The van der Waals surface area contributed by atoms with E-state index < -0.39 is 27.2 Å². The molecule has 0 atom stereocenters. The summed E-state index contributed by atoms with van der Waals surface area (Å²) in [5, 5.41) is 3.14. The Bertz CT molecular complexity index is 752. The number of hydrogen-bond donors (Lipinski definition) is 1. The van der Waals surface area contributed by atoms with Crippen molar-refractivity contribution in [1.29, 1.82) is 0 Å². The van der Waals surface area contributed by atoms with Crippen molar-refractivity contribution in [3.8, 4) is 11.5 Å². The molecule has 1 aliphatic rings. The molecule has 0 saturated heterocycles. The van der Waals surface area contributed by atoms with Crippen LogP contribution in [0.3, 0.4) is 0 Å². The second-order valence-corrected chi connectivity index (χ2v) is 6.72. The largest absolute Gasteiger partial charge is 0.334 e. The Hall–Kier alpha value is -1.87. The third-order valence-electron chi connectivity index (χ3n) is 3.04. The number of hydrogen-bond acceptors (Lipinski definition) is 5. The molecule has 0 spiro atoms. The molecule has 1 aromatic heterocycles. The quantitative estimate of drug-likeness (QED) is 0.906. The molecule has 21 heavy (non-hydrogen) atoms. The van der Waals surface area contributed by atoms with Crippen molar-refractivity contribution in [1.82, 2.24) is 14.9 Å². The van der Waals surface area contributed by atoms with Crippen molar-refractivity contribution in [3.63, 3.8) is 0 Å². The summed E-state index contributed by atoms with van der Waals surface area (Å²) in [6.07, 6.45) is 1.26. The summed E-state index contributed by atoms with van der Waals surface area (Å²) in [7, 11) is -3.38. The standard InChI is InChI=1S/C12H11F2N3O3S/c13-8-2-1-3-9(14)11(8)12-16-10(17-20-12)6-15-21(18,19)7-4-5-7/h1-3,7,15H,4-6H2. The first-order valence-electron chi connectivity index (χ1n) is 6.23. The molecule has 1 aliphatic carbocycles. The van der Waals surface area contributed by atoms with Crippen LogP contribution in [0.2, 0.25) is 0 Å². The summed E-state index contributed by atoms with van der Waals surface area (Å²) in [6, 6.07) is 3.35. The fourth-order valence-electron chi connectivity index (χ4n) is 1.79. The number of halogens is 2.